The van der Waals surface area contributed by atoms with Gasteiger partial charge in [0.2, 0.25) is 0 Å². The molecule has 0 aromatic carbocycles. The molecule has 5 nitrogen and oxygen atoms in total. The van der Waals surface area contributed by atoms with Gasteiger partial charge in [-0.1, -0.05) is 0 Å². The van der Waals surface area contributed by atoms with Crippen molar-refractivity contribution >= 4 is 5.91 Å². The Bertz CT molecular complexity index is 313. The molecule has 1 aromatic heterocycles. The summed E-state index contributed by atoms with van der Waals surface area (Å²) >= 11 is 0. The van der Waals surface area contributed by atoms with Crippen LogP contribution in [0.1, 0.15) is 28.7 Å². The lowest BCUT2D eigenvalue weighted by molar-refractivity contribution is 0.0921. The molecule has 0 radical (unpaired) electrons. The molecular formula is C9H15N3O2. The van der Waals surface area contributed by atoms with Gasteiger partial charge in [0.25, 0.3) is 5.91 Å². The van der Waals surface area contributed by atoms with E-state index in [1.807, 2.05) is 0 Å². The Labute approximate surface area is 82.5 Å². The van der Waals surface area contributed by atoms with E-state index < -0.39 is 0 Å². The number of aryl methyl sites for hydroxylation is 2. The van der Waals surface area contributed by atoms with Crippen molar-refractivity contribution in [3.8, 4) is 0 Å². The second-order valence-electron chi connectivity index (χ2n) is 3.37. The molecule has 0 saturated heterocycles. The van der Waals surface area contributed by atoms with E-state index in [0.29, 0.717) is 11.3 Å². The van der Waals surface area contributed by atoms with Crippen LogP contribution in [0.5, 0.6) is 0 Å². The number of hydrogen-bond donors (Lipinski definition) is 3. The van der Waals surface area contributed by atoms with Crippen LogP contribution >= 0.6 is 0 Å². The highest BCUT2D eigenvalue weighted by Gasteiger charge is 2.16. The van der Waals surface area contributed by atoms with Crippen LogP contribution in [0, 0.1) is 13.8 Å². The van der Waals surface area contributed by atoms with E-state index in [9.17, 15) is 4.79 Å². The fraction of sp³-hybridized carbons (Fsp3) is 0.556. The van der Waals surface area contributed by atoms with Crippen LogP contribution < -0.4 is 5.32 Å². The first-order valence-corrected chi connectivity index (χ1v) is 4.49. The van der Waals surface area contributed by atoms with E-state index in [0.717, 1.165) is 5.69 Å². The highest BCUT2D eigenvalue weighted by atomic mass is 16.3. The van der Waals surface area contributed by atoms with Crippen molar-refractivity contribution in [1.82, 2.24) is 15.5 Å². The third-order valence-electron chi connectivity index (χ3n) is 2.01. The van der Waals surface area contributed by atoms with E-state index in [1.54, 1.807) is 20.8 Å². The van der Waals surface area contributed by atoms with Gasteiger partial charge in [-0.15, -0.1) is 0 Å². The molecule has 1 atom stereocenters. The first-order chi connectivity index (χ1) is 6.56. The van der Waals surface area contributed by atoms with Gasteiger partial charge in [0.15, 0.2) is 0 Å². The number of aliphatic hydroxyl groups is 1. The summed E-state index contributed by atoms with van der Waals surface area (Å²) in [5, 5.41) is 18.1. The molecule has 1 rings (SSSR count). The van der Waals surface area contributed by atoms with Crippen molar-refractivity contribution in [2.24, 2.45) is 0 Å². The van der Waals surface area contributed by atoms with Crippen LogP contribution in [0.2, 0.25) is 0 Å². The maximum absolute atomic E-state index is 11.6. The second-order valence-corrected chi connectivity index (χ2v) is 3.37. The van der Waals surface area contributed by atoms with Gasteiger partial charge in [-0.3, -0.25) is 9.89 Å². The predicted octanol–water partition coefficient (Wildman–Crippen LogP) is 0.137. The number of carbonyl (C=O) groups is 1. The zero-order chi connectivity index (χ0) is 10.7. The number of rotatable bonds is 3. The molecule has 0 bridgehead atoms. The van der Waals surface area contributed by atoms with Gasteiger partial charge in [0.1, 0.15) is 0 Å². The van der Waals surface area contributed by atoms with E-state index in [4.69, 9.17) is 5.11 Å². The Balaban J connectivity index is 2.79. The van der Waals surface area contributed by atoms with E-state index in [1.165, 1.54) is 0 Å². The summed E-state index contributed by atoms with van der Waals surface area (Å²) in [6.45, 7) is 5.23. The third-order valence-corrected chi connectivity index (χ3v) is 2.01. The summed E-state index contributed by atoms with van der Waals surface area (Å²) in [5.74, 6) is -0.199. The Morgan fingerprint density at radius 3 is 2.71 bits per heavy atom. The number of aliphatic hydroxyl groups excluding tert-OH is 1. The maximum atomic E-state index is 11.6. The van der Waals surface area contributed by atoms with E-state index in [2.05, 4.69) is 15.5 Å². The number of aromatic amines is 1. The molecule has 3 N–H and O–H groups in total. The molecule has 78 valence electrons. The van der Waals surface area contributed by atoms with Gasteiger partial charge in [-0.2, -0.15) is 5.10 Å². The van der Waals surface area contributed by atoms with Crippen LogP contribution in [0.25, 0.3) is 0 Å². The summed E-state index contributed by atoms with van der Waals surface area (Å²) in [7, 11) is 0. The van der Waals surface area contributed by atoms with Crippen LogP contribution in [-0.2, 0) is 0 Å². The minimum atomic E-state index is -0.240. The normalized spacial score (nSPS) is 12.6. The maximum Gasteiger partial charge on any atom is 0.255 e. The smallest absolute Gasteiger partial charge is 0.255 e. The molecule has 0 aliphatic carbocycles. The van der Waals surface area contributed by atoms with Crippen LogP contribution in [0.4, 0.5) is 0 Å². The van der Waals surface area contributed by atoms with E-state index in [-0.39, 0.29) is 18.6 Å². The number of aromatic nitrogens is 2. The lowest BCUT2D eigenvalue weighted by Crippen LogP contribution is -2.35. The second kappa shape index (κ2) is 4.23. The standard InChI is InChI=1S/C9H15N3O2/c1-5(4-13)10-9(14)8-6(2)11-12-7(8)3/h5,13H,4H2,1-3H3,(H,10,14)(H,11,12)/t5-/m1/s1. The fourth-order valence-electron chi connectivity index (χ4n) is 1.23. The number of carbonyl (C=O) groups excluding carboxylic acids is 1. The van der Waals surface area contributed by atoms with Crippen molar-refractivity contribution in [2.75, 3.05) is 6.61 Å². The number of H-pyrrole nitrogens is 1. The highest BCUT2D eigenvalue weighted by Crippen LogP contribution is 2.08. The fourth-order valence-corrected chi connectivity index (χ4v) is 1.23. The average molecular weight is 197 g/mol. The van der Waals surface area contributed by atoms with Crippen molar-refractivity contribution < 1.29 is 9.90 Å². The topological polar surface area (TPSA) is 78.0 Å². The largest absolute Gasteiger partial charge is 0.394 e. The molecule has 1 aromatic rings. The molecule has 0 aliphatic heterocycles. The molecule has 0 saturated carbocycles. The first kappa shape index (κ1) is 10.7. The Morgan fingerprint density at radius 2 is 2.29 bits per heavy atom. The van der Waals surface area contributed by atoms with Crippen molar-refractivity contribution in [3.05, 3.63) is 17.0 Å². The van der Waals surface area contributed by atoms with Crippen LogP contribution in [0.15, 0.2) is 0 Å². The summed E-state index contributed by atoms with van der Waals surface area (Å²) in [5.41, 5.74) is 1.97. The number of nitrogens with zero attached hydrogens (tertiary/aromatic N) is 1. The van der Waals surface area contributed by atoms with Crippen LogP contribution in [-0.4, -0.2) is 33.9 Å². The Hall–Kier alpha value is -1.36. The van der Waals surface area contributed by atoms with Gasteiger partial charge in [0, 0.05) is 11.7 Å². The minimum Gasteiger partial charge on any atom is -0.394 e. The summed E-state index contributed by atoms with van der Waals surface area (Å²) < 4.78 is 0. The number of nitrogens with one attached hydrogen (secondary N) is 2. The van der Waals surface area contributed by atoms with E-state index >= 15 is 0 Å². The molecular weight excluding hydrogens is 182 g/mol. The molecule has 14 heavy (non-hydrogen) atoms. The van der Waals surface area contributed by atoms with Gasteiger partial charge >= 0.3 is 0 Å². The lowest BCUT2D eigenvalue weighted by atomic mass is 10.2. The first-order valence-electron chi connectivity index (χ1n) is 4.49. The molecule has 0 fully saturated rings. The zero-order valence-corrected chi connectivity index (χ0v) is 8.59. The summed E-state index contributed by atoms with van der Waals surface area (Å²) in [6.07, 6.45) is 0. The minimum absolute atomic E-state index is 0.0678. The van der Waals surface area contributed by atoms with Gasteiger partial charge in [-0.25, -0.2) is 0 Å². The Kier molecular flexibility index (Phi) is 3.24. The Morgan fingerprint density at radius 1 is 1.64 bits per heavy atom. The third kappa shape index (κ3) is 2.11. The molecule has 0 aliphatic rings. The molecule has 0 spiro atoms. The molecule has 0 unspecified atom stereocenters. The SMILES string of the molecule is Cc1n[nH]c(C)c1C(=O)N[C@H](C)CO. The summed E-state index contributed by atoms with van der Waals surface area (Å²) in [6, 6.07) is -0.240. The quantitative estimate of drug-likeness (QED) is 0.644. The molecule has 5 heteroatoms. The van der Waals surface area contributed by atoms with Crippen molar-refractivity contribution in [2.45, 2.75) is 26.8 Å². The van der Waals surface area contributed by atoms with Gasteiger partial charge < -0.3 is 10.4 Å². The summed E-state index contributed by atoms with van der Waals surface area (Å²) in [4.78, 5) is 11.6. The van der Waals surface area contributed by atoms with Gasteiger partial charge in [-0.05, 0) is 20.8 Å². The molecule has 1 amide bonds. The highest BCUT2D eigenvalue weighted by molar-refractivity contribution is 5.96. The average Bonchev–Trinajstić information content (AvgIpc) is 2.46. The predicted molar refractivity (Wildman–Crippen MR) is 52.1 cm³/mol. The van der Waals surface area contributed by atoms with Gasteiger partial charge in [0.05, 0.1) is 17.9 Å². The van der Waals surface area contributed by atoms with Crippen molar-refractivity contribution in [1.29, 1.82) is 0 Å². The zero-order valence-electron chi connectivity index (χ0n) is 8.59. The number of hydrogen-bond acceptors (Lipinski definition) is 3. The monoisotopic (exact) mass is 197 g/mol. The van der Waals surface area contributed by atoms with Crippen molar-refractivity contribution in [3.63, 3.8) is 0 Å². The number of amides is 1. The van der Waals surface area contributed by atoms with Crippen LogP contribution in [0.3, 0.4) is 0 Å². The molecule has 1 heterocycles. The lowest BCUT2D eigenvalue weighted by Gasteiger charge is -2.10.